The Hall–Kier alpha value is -2.12. The molecule has 0 spiro atoms. The second-order valence-electron chi connectivity index (χ2n) is 4.60. The molecule has 0 aromatic heterocycles. The Labute approximate surface area is 148 Å². The Morgan fingerprint density at radius 3 is 2.74 bits per heavy atom. The number of benzene rings is 2. The monoisotopic (exact) mass is 393 g/mol. The fraction of sp³-hybridized carbons (Fsp3) is 0.125. The molecule has 5 nitrogen and oxygen atoms in total. The van der Waals surface area contributed by atoms with Crippen molar-refractivity contribution in [3.63, 3.8) is 0 Å². The van der Waals surface area contributed by atoms with Gasteiger partial charge in [0.1, 0.15) is 11.5 Å². The molecule has 0 radical (unpaired) electrons. The summed E-state index contributed by atoms with van der Waals surface area (Å²) in [5, 5.41) is 17.1. The highest BCUT2D eigenvalue weighted by atomic mass is 79.9. The van der Waals surface area contributed by atoms with Gasteiger partial charge >= 0.3 is 0 Å². The third-order valence-electron chi connectivity index (χ3n) is 2.97. The first-order valence-corrected chi connectivity index (χ1v) is 7.97. The fourth-order valence-corrected chi connectivity index (χ4v) is 2.26. The molecule has 7 heteroatoms. The molecule has 0 atom stereocenters. The number of hydrazone groups is 1. The molecule has 0 amide bonds. The number of hydrogen-bond acceptors (Lipinski definition) is 4. The van der Waals surface area contributed by atoms with Crippen LogP contribution in [0, 0.1) is 0 Å². The molecule has 0 unspecified atom stereocenters. The lowest BCUT2D eigenvalue weighted by molar-refractivity contribution is 0.414. The summed E-state index contributed by atoms with van der Waals surface area (Å²) in [6.07, 6.45) is 1.50. The van der Waals surface area contributed by atoms with E-state index in [2.05, 4.69) is 31.8 Å². The first kappa shape index (κ1) is 17.2. The largest absolute Gasteiger partial charge is 0.507 e. The zero-order valence-electron chi connectivity index (χ0n) is 12.4. The highest BCUT2D eigenvalue weighted by molar-refractivity contribution is 9.10. The Balaban J connectivity index is 1.82. The van der Waals surface area contributed by atoms with E-state index in [1.165, 1.54) is 6.21 Å². The van der Waals surface area contributed by atoms with Gasteiger partial charge in [0.05, 0.1) is 13.3 Å². The van der Waals surface area contributed by atoms with Crippen LogP contribution in [0.25, 0.3) is 0 Å². The van der Waals surface area contributed by atoms with Crippen molar-refractivity contribution in [3.8, 4) is 11.5 Å². The van der Waals surface area contributed by atoms with Crippen LogP contribution < -0.4 is 15.5 Å². The van der Waals surface area contributed by atoms with E-state index in [0.717, 1.165) is 15.8 Å². The molecule has 0 saturated carbocycles. The predicted octanol–water partition coefficient (Wildman–Crippen LogP) is 3.16. The van der Waals surface area contributed by atoms with E-state index < -0.39 is 0 Å². The van der Waals surface area contributed by atoms with Crippen molar-refractivity contribution in [1.82, 2.24) is 10.7 Å². The molecule has 0 heterocycles. The van der Waals surface area contributed by atoms with Crippen LogP contribution in [0.1, 0.15) is 11.1 Å². The van der Waals surface area contributed by atoms with Crippen molar-refractivity contribution < 1.29 is 9.84 Å². The van der Waals surface area contributed by atoms with Crippen molar-refractivity contribution in [2.45, 2.75) is 6.54 Å². The van der Waals surface area contributed by atoms with Gasteiger partial charge in [0, 0.05) is 16.6 Å². The van der Waals surface area contributed by atoms with E-state index in [1.54, 1.807) is 25.3 Å². The minimum Gasteiger partial charge on any atom is -0.507 e. The van der Waals surface area contributed by atoms with E-state index in [-0.39, 0.29) is 5.75 Å². The SMILES string of the molecule is COc1ccc(CNC(=S)N/N=C/c2cc(Br)ccc2O)cc1. The highest BCUT2D eigenvalue weighted by Crippen LogP contribution is 2.19. The van der Waals surface area contributed by atoms with Crippen molar-refractivity contribution in [3.05, 3.63) is 58.1 Å². The molecule has 2 aromatic carbocycles. The lowest BCUT2D eigenvalue weighted by Gasteiger charge is -2.08. The van der Waals surface area contributed by atoms with Crippen LogP contribution in [0.2, 0.25) is 0 Å². The number of ether oxygens (including phenoxy) is 1. The van der Waals surface area contributed by atoms with Crippen LogP contribution in [-0.2, 0) is 6.54 Å². The Kier molecular flexibility index (Phi) is 6.37. The third kappa shape index (κ3) is 5.54. The summed E-state index contributed by atoms with van der Waals surface area (Å²) < 4.78 is 5.96. The van der Waals surface area contributed by atoms with Gasteiger partial charge in [-0.25, -0.2) is 0 Å². The van der Waals surface area contributed by atoms with E-state index in [4.69, 9.17) is 17.0 Å². The zero-order valence-corrected chi connectivity index (χ0v) is 14.8. The molecule has 120 valence electrons. The fourth-order valence-electron chi connectivity index (χ4n) is 1.75. The van der Waals surface area contributed by atoms with E-state index in [0.29, 0.717) is 17.2 Å². The molecule has 3 N–H and O–H groups in total. The summed E-state index contributed by atoms with van der Waals surface area (Å²) in [6, 6.07) is 12.8. The summed E-state index contributed by atoms with van der Waals surface area (Å²) in [5.41, 5.74) is 4.37. The standard InChI is InChI=1S/C16H16BrN3O2S/c1-22-14-5-2-11(3-6-14)9-18-16(23)20-19-10-12-8-13(17)4-7-15(12)21/h2-8,10,21H,9H2,1H3,(H2,18,20,23)/b19-10+. The normalized spacial score (nSPS) is 10.5. The quantitative estimate of drug-likeness (QED) is 0.413. The molecule has 0 saturated heterocycles. The molecule has 23 heavy (non-hydrogen) atoms. The smallest absolute Gasteiger partial charge is 0.187 e. The highest BCUT2D eigenvalue weighted by Gasteiger charge is 1.99. The van der Waals surface area contributed by atoms with E-state index in [1.807, 2.05) is 24.3 Å². The number of nitrogens with one attached hydrogen (secondary N) is 2. The van der Waals surface area contributed by atoms with Crippen molar-refractivity contribution >= 4 is 39.5 Å². The van der Waals surface area contributed by atoms with Crippen molar-refractivity contribution in [2.75, 3.05) is 7.11 Å². The van der Waals surface area contributed by atoms with Gasteiger partial charge in [-0.2, -0.15) is 5.10 Å². The predicted molar refractivity (Wildman–Crippen MR) is 99.0 cm³/mol. The number of halogens is 1. The van der Waals surface area contributed by atoms with Crippen LogP contribution in [-0.4, -0.2) is 23.5 Å². The number of methoxy groups -OCH3 is 1. The molecule has 0 aliphatic rings. The van der Waals surface area contributed by atoms with E-state index in [9.17, 15) is 5.11 Å². The molecule has 2 rings (SSSR count). The molecule has 2 aromatic rings. The van der Waals surface area contributed by atoms with Gasteiger partial charge in [-0.3, -0.25) is 5.43 Å². The first-order valence-electron chi connectivity index (χ1n) is 6.77. The van der Waals surface area contributed by atoms with Crippen LogP contribution in [0.3, 0.4) is 0 Å². The molecular weight excluding hydrogens is 378 g/mol. The van der Waals surface area contributed by atoms with Gasteiger partial charge in [0.2, 0.25) is 0 Å². The summed E-state index contributed by atoms with van der Waals surface area (Å²) in [5.74, 6) is 0.962. The Morgan fingerprint density at radius 2 is 2.04 bits per heavy atom. The van der Waals surface area contributed by atoms with Gasteiger partial charge in [0.25, 0.3) is 0 Å². The van der Waals surface area contributed by atoms with Gasteiger partial charge in [0.15, 0.2) is 5.11 Å². The average Bonchev–Trinajstić information content (AvgIpc) is 2.56. The molecule has 0 bridgehead atoms. The maximum Gasteiger partial charge on any atom is 0.187 e. The molecule has 0 aliphatic carbocycles. The number of rotatable bonds is 5. The number of aromatic hydroxyl groups is 1. The zero-order chi connectivity index (χ0) is 16.7. The van der Waals surface area contributed by atoms with Gasteiger partial charge < -0.3 is 15.2 Å². The summed E-state index contributed by atoms with van der Waals surface area (Å²) in [6.45, 7) is 0.577. The minimum absolute atomic E-state index is 0.149. The number of thiocarbonyl (C=S) groups is 1. The minimum atomic E-state index is 0.149. The Bertz CT molecular complexity index is 705. The third-order valence-corrected chi connectivity index (χ3v) is 3.70. The van der Waals surface area contributed by atoms with Crippen LogP contribution in [0.4, 0.5) is 0 Å². The molecule has 0 fully saturated rings. The van der Waals surface area contributed by atoms with Crippen LogP contribution in [0.5, 0.6) is 11.5 Å². The van der Waals surface area contributed by atoms with Crippen molar-refractivity contribution in [1.29, 1.82) is 0 Å². The summed E-state index contributed by atoms with van der Waals surface area (Å²) in [4.78, 5) is 0. The lowest BCUT2D eigenvalue weighted by atomic mass is 10.2. The van der Waals surface area contributed by atoms with E-state index >= 15 is 0 Å². The second kappa shape index (κ2) is 8.50. The van der Waals surface area contributed by atoms with Gasteiger partial charge in [-0.1, -0.05) is 28.1 Å². The molecule has 0 aliphatic heterocycles. The number of phenols is 1. The number of phenolic OH excluding ortho intramolecular Hbond substituents is 1. The summed E-state index contributed by atoms with van der Waals surface area (Å²) >= 11 is 8.48. The van der Waals surface area contributed by atoms with Crippen molar-refractivity contribution in [2.24, 2.45) is 5.10 Å². The first-order chi connectivity index (χ1) is 11.1. The average molecular weight is 394 g/mol. The second-order valence-corrected chi connectivity index (χ2v) is 5.93. The van der Waals surface area contributed by atoms with Gasteiger partial charge in [-0.05, 0) is 48.1 Å². The Morgan fingerprint density at radius 1 is 1.30 bits per heavy atom. The summed E-state index contributed by atoms with van der Waals surface area (Å²) in [7, 11) is 1.63. The van der Waals surface area contributed by atoms with Crippen LogP contribution >= 0.6 is 28.1 Å². The molecular formula is C16H16BrN3O2S. The number of hydrogen-bond donors (Lipinski definition) is 3. The van der Waals surface area contributed by atoms with Crippen LogP contribution in [0.15, 0.2) is 52.0 Å². The topological polar surface area (TPSA) is 65.9 Å². The van der Waals surface area contributed by atoms with Gasteiger partial charge in [-0.15, -0.1) is 0 Å². The maximum atomic E-state index is 9.70. The maximum absolute atomic E-state index is 9.70. The lowest BCUT2D eigenvalue weighted by Crippen LogP contribution is -2.31. The number of nitrogens with zero attached hydrogens (tertiary/aromatic N) is 1.